The lowest BCUT2D eigenvalue weighted by atomic mass is 9.63. The first kappa shape index (κ1) is 35.4. The zero-order valence-electron chi connectivity index (χ0n) is 28.1. The van der Waals surface area contributed by atoms with E-state index in [4.69, 9.17) is 0 Å². The highest BCUT2D eigenvalue weighted by Crippen LogP contribution is 2.43. The molecular formula is C40H56O2. The number of hydrogen-bond acceptors (Lipinski definition) is 2. The van der Waals surface area contributed by atoms with Crippen LogP contribution in [0.3, 0.4) is 0 Å². The second-order valence-corrected chi connectivity index (χ2v) is 14.1. The molecular weight excluding hydrogens is 512 g/mol. The van der Waals surface area contributed by atoms with Crippen LogP contribution in [0.2, 0.25) is 0 Å². The van der Waals surface area contributed by atoms with Gasteiger partial charge in [-0.25, -0.2) is 0 Å². The highest BCUT2D eigenvalue weighted by Gasteiger charge is 2.39. The summed E-state index contributed by atoms with van der Waals surface area (Å²) in [7, 11) is 0. The van der Waals surface area contributed by atoms with Crippen molar-refractivity contribution in [2.24, 2.45) is 22.7 Å². The lowest BCUT2D eigenvalue weighted by Crippen LogP contribution is -2.39. The number of allylic oxidation sites excluding steroid dienone is 13. The molecule has 0 heterocycles. The number of aliphatic hydroxyl groups excluding tert-OH is 2. The smallest absolute Gasteiger partial charge is 0.0586 e. The third-order valence-electron chi connectivity index (χ3n) is 8.56. The van der Waals surface area contributed by atoms with Crippen molar-refractivity contribution < 1.29 is 10.2 Å². The zero-order valence-corrected chi connectivity index (χ0v) is 28.1. The van der Waals surface area contributed by atoms with Crippen LogP contribution in [0.1, 0.15) is 108 Å². The van der Waals surface area contributed by atoms with Crippen LogP contribution in [0.5, 0.6) is 0 Å². The first-order valence-corrected chi connectivity index (χ1v) is 15.7. The summed E-state index contributed by atoms with van der Waals surface area (Å²) in [5.74, 6) is 14.3. The average Bonchev–Trinajstić information content (AvgIpc) is 2.84. The van der Waals surface area contributed by atoms with Crippen LogP contribution in [0.15, 0.2) is 82.0 Å². The van der Waals surface area contributed by atoms with Gasteiger partial charge in [-0.1, -0.05) is 124 Å². The third-order valence-corrected chi connectivity index (χ3v) is 8.56. The van der Waals surface area contributed by atoms with Gasteiger partial charge >= 0.3 is 0 Å². The Morgan fingerprint density at radius 1 is 0.881 bits per heavy atom. The maximum atomic E-state index is 10.1. The van der Waals surface area contributed by atoms with Gasteiger partial charge in [0.05, 0.1) is 12.2 Å². The Morgan fingerprint density at radius 3 is 2.24 bits per heavy atom. The minimum Gasteiger partial charge on any atom is -0.393 e. The number of rotatable bonds is 7. The molecule has 0 bridgehead atoms. The molecule has 2 heteroatoms. The lowest BCUT2D eigenvalue weighted by molar-refractivity contribution is 0.0113. The maximum Gasteiger partial charge on any atom is 0.0586 e. The van der Waals surface area contributed by atoms with Crippen molar-refractivity contribution in [2.75, 3.05) is 0 Å². The zero-order chi connectivity index (χ0) is 31.5. The molecule has 42 heavy (non-hydrogen) atoms. The van der Waals surface area contributed by atoms with E-state index in [1.165, 1.54) is 22.3 Å². The Balaban J connectivity index is 1.85. The molecule has 2 rings (SSSR count). The van der Waals surface area contributed by atoms with Crippen LogP contribution in [0.25, 0.3) is 0 Å². The summed E-state index contributed by atoms with van der Waals surface area (Å²) in [6, 6.07) is 0. The molecule has 228 valence electrons. The topological polar surface area (TPSA) is 40.5 Å². The summed E-state index contributed by atoms with van der Waals surface area (Å²) in [6.45, 7) is 21.5. The number of aliphatic hydroxyl groups is 2. The minimum atomic E-state index is -0.250. The van der Waals surface area contributed by atoms with E-state index < -0.39 is 0 Å². The van der Waals surface area contributed by atoms with Crippen LogP contribution < -0.4 is 0 Å². The Bertz CT molecular complexity index is 1280. The summed E-state index contributed by atoms with van der Waals surface area (Å²) in [6.07, 6.45) is 21.7. The van der Waals surface area contributed by atoms with E-state index in [0.29, 0.717) is 11.8 Å². The summed E-state index contributed by atoms with van der Waals surface area (Å²) < 4.78 is 0. The van der Waals surface area contributed by atoms with Gasteiger partial charge in [-0.3, -0.25) is 0 Å². The molecule has 0 saturated heterocycles. The first-order valence-electron chi connectivity index (χ1n) is 15.7. The molecule has 0 aromatic carbocycles. The molecule has 2 N–H and O–H groups in total. The van der Waals surface area contributed by atoms with Crippen molar-refractivity contribution in [1.82, 2.24) is 0 Å². The van der Waals surface area contributed by atoms with Crippen LogP contribution in [-0.4, -0.2) is 22.4 Å². The predicted octanol–water partition coefficient (Wildman–Crippen LogP) is 9.60. The molecule has 0 aromatic heterocycles. The van der Waals surface area contributed by atoms with E-state index in [0.717, 1.165) is 49.7 Å². The molecule has 4 atom stereocenters. The Morgan fingerprint density at radius 2 is 1.57 bits per heavy atom. The molecule has 1 fully saturated rings. The Kier molecular flexibility index (Phi) is 13.6. The monoisotopic (exact) mass is 568 g/mol. The fourth-order valence-electron chi connectivity index (χ4n) is 6.44. The molecule has 0 amide bonds. The quantitative estimate of drug-likeness (QED) is 0.237. The summed E-state index contributed by atoms with van der Waals surface area (Å²) in [4.78, 5) is 0. The fraction of sp³-hybridized carbons (Fsp3) is 0.550. The van der Waals surface area contributed by atoms with Gasteiger partial charge in [0.2, 0.25) is 0 Å². The van der Waals surface area contributed by atoms with Gasteiger partial charge in [-0.05, 0) is 95.6 Å². The first-order chi connectivity index (χ1) is 19.6. The second-order valence-electron chi connectivity index (χ2n) is 14.1. The molecule has 0 spiro atoms. The Hall–Kier alpha value is -2.78. The SMILES string of the molecule is CC1=C(C#C/C(C)=C/CC/C(C)=C/C=C/C=C(C)/C=C/C=C(\C)C#C[C@H]2C(C)C[C@@H](O)CC2(C)C)C(C)(C)C[C@H](O)C1. The summed E-state index contributed by atoms with van der Waals surface area (Å²) in [5, 5.41) is 20.2. The largest absolute Gasteiger partial charge is 0.393 e. The molecule has 0 aromatic rings. The lowest BCUT2D eigenvalue weighted by Gasteiger charge is -2.42. The standard InChI is InChI=1S/C40H56O2/c1-29(17-13-19-31(3)21-23-37-33(5)25-35(41)27-39(37,7)8)15-11-12-16-30(2)18-14-20-32(4)22-24-38-34(6)26-36(42)28-40(38,9)10/h11-13,15-17,19-20,33,35-37,41-42H,14,18,25-28H2,1-10H3/b12-11+,17-13+,29-15+,30-16+,31-19+,32-20+/t33?,35-,36-,37+/m1/s1. The van der Waals surface area contributed by atoms with Crippen molar-refractivity contribution in [3.63, 3.8) is 0 Å². The highest BCUT2D eigenvalue weighted by atomic mass is 16.3. The molecule has 2 aliphatic carbocycles. The second kappa shape index (κ2) is 16.2. The van der Waals surface area contributed by atoms with Crippen LogP contribution in [0.4, 0.5) is 0 Å². The van der Waals surface area contributed by atoms with Gasteiger partial charge in [-0.15, -0.1) is 0 Å². The van der Waals surface area contributed by atoms with Crippen LogP contribution in [0, 0.1) is 46.3 Å². The normalized spacial score (nSPS) is 27.1. The van der Waals surface area contributed by atoms with Gasteiger partial charge < -0.3 is 10.2 Å². The van der Waals surface area contributed by atoms with Gasteiger partial charge in [0, 0.05) is 16.9 Å². The summed E-state index contributed by atoms with van der Waals surface area (Å²) >= 11 is 0. The summed E-state index contributed by atoms with van der Waals surface area (Å²) in [5.41, 5.74) is 7.07. The van der Waals surface area contributed by atoms with Crippen molar-refractivity contribution in [1.29, 1.82) is 0 Å². The molecule has 0 radical (unpaired) electrons. The van der Waals surface area contributed by atoms with E-state index in [1.54, 1.807) is 0 Å². The van der Waals surface area contributed by atoms with E-state index in [9.17, 15) is 10.2 Å². The van der Waals surface area contributed by atoms with Gasteiger partial charge in [0.1, 0.15) is 0 Å². The average molecular weight is 569 g/mol. The van der Waals surface area contributed by atoms with Crippen molar-refractivity contribution in [3.8, 4) is 23.7 Å². The predicted molar refractivity (Wildman–Crippen MR) is 181 cm³/mol. The van der Waals surface area contributed by atoms with Gasteiger partial charge in [-0.2, -0.15) is 0 Å². The fourth-order valence-corrected chi connectivity index (χ4v) is 6.44. The van der Waals surface area contributed by atoms with Crippen molar-refractivity contribution in [2.45, 2.75) is 120 Å². The third kappa shape index (κ3) is 11.8. The van der Waals surface area contributed by atoms with Crippen molar-refractivity contribution in [3.05, 3.63) is 82.0 Å². The number of hydrogen-bond donors (Lipinski definition) is 2. The highest BCUT2D eigenvalue weighted by molar-refractivity contribution is 5.44. The van der Waals surface area contributed by atoms with E-state index in [1.807, 2.05) is 0 Å². The van der Waals surface area contributed by atoms with E-state index in [-0.39, 0.29) is 23.0 Å². The Labute approximate surface area is 258 Å². The van der Waals surface area contributed by atoms with Crippen LogP contribution >= 0.6 is 0 Å². The van der Waals surface area contributed by atoms with Gasteiger partial charge in [0.15, 0.2) is 0 Å². The van der Waals surface area contributed by atoms with E-state index >= 15 is 0 Å². The van der Waals surface area contributed by atoms with E-state index in [2.05, 4.69) is 142 Å². The van der Waals surface area contributed by atoms with Crippen molar-refractivity contribution >= 4 is 0 Å². The minimum absolute atomic E-state index is 0.0406. The molecule has 1 saturated carbocycles. The van der Waals surface area contributed by atoms with Gasteiger partial charge in [0.25, 0.3) is 0 Å². The maximum absolute atomic E-state index is 10.1. The molecule has 2 aliphatic rings. The molecule has 0 aliphatic heterocycles. The molecule has 1 unspecified atom stereocenters. The van der Waals surface area contributed by atoms with Crippen LogP contribution in [-0.2, 0) is 0 Å². The molecule has 2 nitrogen and oxygen atoms in total.